The predicted octanol–water partition coefficient (Wildman–Crippen LogP) is 2.38. The normalized spacial score (nSPS) is 13.5. The molecule has 4 heteroatoms. The zero-order valence-electron chi connectivity index (χ0n) is 11.6. The first-order chi connectivity index (χ1) is 8.85. The highest BCUT2D eigenvalue weighted by atomic mass is 16.6. The van der Waals surface area contributed by atoms with E-state index in [9.17, 15) is 4.79 Å². The van der Waals surface area contributed by atoms with E-state index in [1.165, 1.54) is 0 Å². The Labute approximate surface area is 112 Å². The number of carbonyl (C=O) groups excluding carboxylic acids is 1. The number of aromatic nitrogens is 1. The Morgan fingerprint density at radius 2 is 2.11 bits per heavy atom. The molecule has 0 bridgehead atoms. The van der Waals surface area contributed by atoms with Gasteiger partial charge in [-0.2, -0.15) is 0 Å². The van der Waals surface area contributed by atoms with Gasteiger partial charge >= 0.3 is 5.97 Å². The van der Waals surface area contributed by atoms with Crippen molar-refractivity contribution < 1.29 is 9.53 Å². The number of hydrogen-bond donors (Lipinski definition) is 2. The van der Waals surface area contributed by atoms with Gasteiger partial charge in [-0.15, -0.1) is 0 Å². The second kappa shape index (κ2) is 5.05. The lowest BCUT2D eigenvalue weighted by atomic mass is 10.0. The van der Waals surface area contributed by atoms with Crippen molar-refractivity contribution in [3.63, 3.8) is 0 Å². The number of ether oxygens (including phenoxy) is 1. The van der Waals surface area contributed by atoms with Gasteiger partial charge in [-0.25, -0.2) is 0 Å². The summed E-state index contributed by atoms with van der Waals surface area (Å²) in [7, 11) is 0. The first-order valence-corrected chi connectivity index (χ1v) is 6.39. The van der Waals surface area contributed by atoms with Gasteiger partial charge in [-0.3, -0.25) is 4.79 Å². The molecule has 0 saturated carbocycles. The Morgan fingerprint density at radius 1 is 1.37 bits per heavy atom. The lowest BCUT2D eigenvalue weighted by Gasteiger charge is -2.22. The Morgan fingerprint density at radius 3 is 2.79 bits per heavy atom. The maximum atomic E-state index is 11.8. The van der Waals surface area contributed by atoms with Crippen LogP contribution < -0.4 is 5.73 Å². The molecule has 0 aliphatic carbocycles. The molecule has 1 atom stereocenters. The average molecular weight is 260 g/mol. The largest absolute Gasteiger partial charge is 0.459 e. The van der Waals surface area contributed by atoms with E-state index in [0.29, 0.717) is 6.42 Å². The zero-order chi connectivity index (χ0) is 14.0. The number of aromatic amines is 1. The molecule has 0 saturated heterocycles. The second-order valence-corrected chi connectivity index (χ2v) is 5.74. The van der Waals surface area contributed by atoms with Crippen molar-refractivity contribution in [2.45, 2.75) is 38.8 Å². The third-order valence-corrected chi connectivity index (χ3v) is 2.78. The zero-order valence-corrected chi connectivity index (χ0v) is 11.6. The number of fused-ring (bicyclic) bond motifs is 1. The highest BCUT2D eigenvalue weighted by Crippen LogP contribution is 2.16. The molecule has 19 heavy (non-hydrogen) atoms. The Kier molecular flexibility index (Phi) is 3.62. The molecule has 3 N–H and O–H groups in total. The minimum atomic E-state index is -0.633. The minimum Gasteiger partial charge on any atom is -0.459 e. The molecule has 0 aliphatic heterocycles. The maximum absolute atomic E-state index is 11.8. The molecule has 2 aromatic rings. The van der Waals surface area contributed by atoms with Crippen LogP contribution in [0.15, 0.2) is 30.5 Å². The van der Waals surface area contributed by atoms with Crippen LogP contribution in [0.25, 0.3) is 10.9 Å². The third kappa shape index (κ3) is 3.58. The first-order valence-electron chi connectivity index (χ1n) is 6.39. The molecule has 0 spiro atoms. The molecule has 0 fully saturated rings. The quantitative estimate of drug-likeness (QED) is 0.832. The summed E-state index contributed by atoms with van der Waals surface area (Å²) in [6.07, 6.45) is 2.37. The number of carbonyl (C=O) groups is 1. The van der Waals surface area contributed by atoms with Gasteiger partial charge in [0.1, 0.15) is 11.6 Å². The van der Waals surface area contributed by atoms with Crippen molar-refractivity contribution >= 4 is 16.9 Å². The summed E-state index contributed by atoms with van der Waals surface area (Å²) in [5.41, 5.74) is 7.46. The van der Waals surface area contributed by atoms with Gasteiger partial charge < -0.3 is 15.5 Å². The molecule has 0 radical (unpaired) electrons. The van der Waals surface area contributed by atoms with E-state index in [4.69, 9.17) is 10.5 Å². The minimum absolute atomic E-state index is 0.362. The van der Waals surface area contributed by atoms with Crippen molar-refractivity contribution in [2.75, 3.05) is 0 Å². The summed E-state index contributed by atoms with van der Waals surface area (Å²) < 4.78 is 5.27. The molecule has 1 unspecified atom stereocenters. The van der Waals surface area contributed by atoms with Crippen molar-refractivity contribution in [3.05, 3.63) is 36.0 Å². The van der Waals surface area contributed by atoms with Crippen LogP contribution in [-0.2, 0) is 16.0 Å². The molecular formula is C15H20N2O2. The van der Waals surface area contributed by atoms with Crippen LogP contribution in [0.4, 0.5) is 0 Å². The monoisotopic (exact) mass is 260 g/mol. The number of hydrogen-bond acceptors (Lipinski definition) is 3. The first kappa shape index (κ1) is 13.6. The predicted molar refractivity (Wildman–Crippen MR) is 75.8 cm³/mol. The third-order valence-electron chi connectivity index (χ3n) is 2.78. The smallest absolute Gasteiger partial charge is 0.323 e. The molecular weight excluding hydrogens is 240 g/mol. The van der Waals surface area contributed by atoms with E-state index in [1.54, 1.807) is 0 Å². The number of esters is 1. The van der Waals surface area contributed by atoms with Gasteiger partial charge in [0, 0.05) is 11.7 Å². The summed E-state index contributed by atoms with van der Waals surface area (Å²) in [6.45, 7) is 5.51. The van der Waals surface area contributed by atoms with E-state index in [2.05, 4.69) is 4.98 Å². The van der Waals surface area contributed by atoms with Crippen LogP contribution >= 0.6 is 0 Å². The Balaban J connectivity index is 2.05. The van der Waals surface area contributed by atoms with Gasteiger partial charge in [0.2, 0.25) is 0 Å². The van der Waals surface area contributed by atoms with Gasteiger partial charge in [0.15, 0.2) is 0 Å². The topological polar surface area (TPSA) is 68.1 Å². The fourth-order valence-electron chi connectivity index (χ4n) is 1.94. The van der Waals surface area contributed by atoms with Crippen molar-refractivity contribution in [2.24, 2.45) is 5.73 Å². The van der Waals surface area contributed by atoms with Crippen LogP contribution in [0.2, 0.25) is 0 Å². The molecule has 1 aromatic carbocycles. The van der Waals surface area contributed by atoms with Gasteiger partial charge in [0.25, 0.3) is 0 Å². The van der Waals surface area contributed by atoms with Crippen LogP contribution in [0.5, 0.6) is 0 Å². The van der Waals surface area contributed by atoms with Crippen LogP contribution in [0.1, 0.15) is 26.3 Å². The summed E-state index contributed by atoms with van der Waals surface area (Å²) in [6, 6.07) is 7.39. The molecule has 0 aliphatic rings. The van der Waals surface area contributed by atoms with Gasteiger partial charge in [0.05, 0.1) is 0 Å². The van der Waals surface area contributed by atoms with Crippen LogP contribution in [0.3, 0.4) is 0 Å². The molecule has 4 nitrogen and oxygen atoms in total. The van der Waals surface area contributed by atoms with E-state index >= 15 is 0 Å². The molecule has 1 heterocycles. The van der Waals surface area contributed by atoms with E-state index in [1.807, 2.05) is 51.2 Å². The van der Waals surface area contributed by atoms with Crippen LogP contribution in [-0.4, -0.2) is 22.6 Å². The van der Waals surface area contributed by atoms with Crippen molar-refractivity contribution in [1.82, 2.24) is 4.98 Å². The Bertz CT molecular complexity index is 581. The standard InChI is InChI=1S/C15H20N2O2/c1-15(2,3)19-14(18)12(16)8-10-4-5-11-6-7-17-13(11)9-10/h4-7,9,12,17H,8,16H2,1-3H3. The van der Waals surface area contributed by atoms with Crippen molar-refractivity contribution in [3.8, 4) is 0 Å². The number of rotatable bonds is 3. The summed E-state index contributed by atoms with van der Waals surface area (Å²) in [4.78, 5) is 15.0. The van der Waals surface area contributed by atoms with Gasteiger partial charge in [-0.05, 0) is 50.3 Å². The molecule has 1 aromatic heterocycles. The molecule has 2 rings (SSSR count). The van der Waals surface area contributed by atoms with Crippen molar-refractivity contribution in [1.29, 1.82) is 0 Å². The molecule has 0 amide bonds. The fraction of sp³-hybridized carbons (Fsp3) is 0.400. The van der Waals surface area contributed by atoms with E-state index in [-0.39, 0.29) is 5.97 Å². The SMILES string of the molecule is CC(C)(C)OC(=O)C(N)Cc1ccc2cc[nH]c2c1. The summed E-state index contributed by atoms with van der Waals surface area (Å²) in [5, 5.41) is 1.15. The van der Waals surface area contributed by atoms with Gasteiger partial charge in [-0.1, -0.05) is 12.1 Å². The lowest BCUT2D eigenvalue weighted by Crippen LogP contribution is -2.38. The highest BCUT2D eigenvalue weighted by molar-refractivity contribution is 5.80. The van der Waals surface area contributed by atoms with E-state index in [0.717, 1.165) is 16.5 Å². The number of H-pyrrole nitrogens is 1. The fourth-order valence-corrected chi connectivity index (χ4v) is 1.94. The number of nitrogens with two attached hydrogens (primary N) is 1. The second-order valence-electron chi connectivity index (χ2n) is 5.74. The number of benzene rings is 1. The highest BCUT2D eigenvalue weighted by Gasteiger charge is 2.22. The lowest BCUT2D eigenvalue weighted by molar-refractivity contribution is -0.156. The Hall–Kier alpha value is -1.81. The van der Waals surface area contributed by atoms with Crippen LogP contribution in [0, 0.1) is 0 Å². The maximum Gasteiger partial charge on any atom is 0.323 e. The molecule has 102 valence electrons. The average Bonchev–Trinajstić information content (AvgIpc) is 2.73. The summed E-state index contributed by atoms with van der Waals surface area (Å²) in [5.74, 6) is -0.362. The number of nitrogens with one attached hydrogen (secondary N) is 1. The van der Waals surface area contributed by atoms with E-state index < -0.39 is 11.6 Å². The summed E-state index contributed by atoms with van der Waals surface area (Å²) >= 11 is 0.